The van der Waals surface area contributed by atoms with Gasteiger partial charge in [-0.05, 0) is 55.5 Å². The monoisotopic (exact) mass is 349 g/mol. The van der Waals surface area contributed by atoms with Crippen LogP contribution in [0.5, 0.6) is 0 Å². The van der Waals surface area contributed by atoms with E-state index in [9.17, 15) is 4.79 Å². The SMILES string of the molecule is CCC1=C(C)C(Cc2[nH]c(C=Nc3ccccc3)c(C)c2CC)NC1=O. The number of amides is 1. The molecule has 0 fully saturated rings. The van der Waals surface area contributed by atoms with Crippen LogP contribution in [0.4, 0.5) is 5.69 Å². The number of aromatic nitrogens is 1. The summed E-state index contributed by atoms with van der Waals surface area (Å²) in [5.74, 6) is 0.0854. The van der Waals surface area contributed by atoms with Gasteiger partial charge in [0.15, 0.2) is 0 Å². The van der Waals surface area contributed by atoms with Crippen LogP contribution in [0.1, 0.15) is 49.7 Å². The number of para-hydroxylation sites is 1. The molecule has 2 N–H and O–H groups in total. The zero-order chi connectivity index (χ0) is 18.7. The molecule has 3 rings (SSSR count). The molecule has 0 saturated heterocycles. The van der Waals surface area contributed by atoms with Gasteiger partial charge in [0.05, 0.1) is 23.6 Å². The van der Waals surface area contributed by atoms with Gasteiger partial charge in [0.1, 0.15) is 0 Å². The number of nitrogens with zero attached hydrogens (tertiary/aromatic N) is 1. The first-order valence-electron chi connectivity index (χ1n) is 9.35. The lowest BCUT2D eigenvalue weighted by molar-refractivity contribution is -0.117. The maximum atomic E-state index is 12.1. The number of aromatic amines is 1. The van der Waals surface area contributed by atoms with Gasteiger partial charge in [0.2, 0.25) is 5.91 Å². The highest BCUT2D eigenvalue weighted by Crippen LogP contribution is 2.26. The normalized spacial score (nSPS) is 17.4. The third kappa shape index (κ3) is 3.50. The molecule has 1 atom stereocenters. The van der Waals surface area contributed by atoms with Gasteiger partial charge >= 0.3 is 0 Å². The van der Waals surface area contributed by atoms with Crippen LogP contribution < -0.4 is 5.32 Å². The quantitative estimate of drug-likeness (QED) is 0.746. The summed E-state index contributed by atoms with van der Waals surface area (Å²) in [7, 11) is 0. The smallest absolute Gasteiger partial charge is 0.247 e. The number of carbonyl (C=O) groups excluding carboxylic acids is 1. The van der Waals surface area contributed by atoms with Crippen molar-refractivity contribution in [3.8, 4) is 0 Å². The van der Waals surface area contributed by atoms with Crippen LogP contribution in [0.3, 0.4) is 0 Å². The van der Waals surface area contributed by atoms with Crippen molar-refractivity contribution in [1.82, 2.24) is 10.3 Å². The van der Waals surface area contributed by atoms with Crippen molar-refractivity contribution in [2.24, 2.45) is 4.99 Å². The summed E-state index contributed by atoms with van der Waals surface area (Å²) >= 11 is 0. The first kappa shape index (κ1) is 18.2. The van der Waals surface area contributed by atoms with Gasteiger partial charge in [-0.1, -0.05) is 32.0 Å². The molecular weight excluding hydrogens is 322 g/mol. The molecule has 2 aromatic rings. The number of carbonyl (C=O) groups is 1. The molecule has 136 valence electrons. The van der Waals surface area contributed by atoms with Gasteiger partial charge in [0, 0.05) is 17.7 Å². The summed E-state index contributed by atoms with van der Waals surface area (Å²) < 4.78 is 0. The molecule has 1 aliphatic heterocycles. The minimum Gasteiger partial charge on any atom is -0.357 e. The van der Waals surface area contributed by atoms with Crippen molar-refractivity contribution >= 4 is 17.8 Å². The van der Waals surface area contributed by atoms with Crippen molar-refractivity contribution in [3.05, 3.63) is 64.0 Å². The minimum absolute atomic E-state index is 0.0831. The van der Waals surface area contributed by atoms with Gasteiger partial charge < -0.3 is 10.3 Å². The molecule has 0 bridgehead atoms. The summed E-state index contributed by atoms with van der Waals surface area (Å²) in [6.07, 6.45) is 4.44. The number of H-pyrrole nitrogens is 1. The van der Waals surface area contributed by atoms with Crippen molar-refractivity contribution in [2.45, 2.75) is 53.0 Å². The molecule has 0 radical (unpaired) electrons. The van der Waals surface area contributed by atoms with Crippen LogP contribution in [0.25, 0.3) is 0 Å². The number of benzene rings is 1. The molecule has 0 spiro atoms. The summed E-state index contributed by atoms with van der Waals surface area (Å²) in [5.41, 5.74) is 7.85. The molecule has 4 heteroatoms. The van der Waals surface area contributed by atoms with Crippen molar-refractivity contribution in [2.75, 3.05) is 0 Å². The molecule has 26 heavy (non-hydrogen) atoms. The second kappa shape index (κ2) is 7.73. The van der Waals surface area contributed by atoms with Crippen LogP contribution in [-0.2, 0) is 17.6 Å². The predicted octanol–water partition coefficient (Wildman–Crippen LogP) is 4.40. The third-order valence-electron chi connectivity index (χ3n) is 5.30. The molecule has 1 amide bonds. The van der Waals surface area contributed by atoms with Crippen LogP contribution in [0, 0.1) is 6.92 Å². The fourth-order valence-corrected chi connectivity index (χ4v) is 3.75. The van der Waals surface area contributed by atoms with E-state index in [1.807, 2.05) is 43.5 Å². The molecular formula is C22H27N3O. The highest BCUT2D eigenvalue weighted by Gasteiger charge is 2.28. The molecule has 4 nitrogen and oxygen atoms in total. The maximum absolute atomic E-state index is 12.1. The zero-order valence-corrected chi connectivity index (χ0v) is 16.0. The molecule has 1 unspecified atom stereocenters. The fraction of sp³-hybridized carbons (Fsp3) is 0.364. The number of aliphatic imine (C=N–C) groups is 1. The maximum Gasteiger partial charge on any atom is 0.247 e. The van der Waals surface area contributed by atoms with E-state index in [0.29, 0.717) is 0 Å². The molecule has 1 aromatic carbocycles. The Labute approximate surface area is 155 Å². The Balaban J connectivity index is 1.86. The Kier molecular flexibility index (Phi) is 5.40. The van der Waals surface area contributed by atoms with E-state index in [-0.39, 0.29) is 11.9 Å². The summed E-state index contributed by atoms with van der Waals surface area (Å²) in [6.45, 7) is 8.42. The summed E-state index contributed by atoms with van der Waals surface area (Å²) in [6, 6.07) is 10.0. The Bertz CT molecular complexity index is 859. The standard InChI is InChI=1S/C22H27N3O/c1-5-17-14(3)21(13-23-16-10-8-7-9-11-16)24-20(17)12-19-15(4)18(6-2)22(26)25-19/h7-11,13,19,24H,5-6,12H2,1-4H3,(H,25,26). The Morgan fingerprint density at radius 2 is 1.85 bits per heavy atom. The van der Waals surface area contributed by atoms with Crippen molar-refractivity contribution in [1.29, 1.82) is 0 Å². The van der Waals surface area contributed by atoms with Gasteiger partial charge in [0.25, 0.3) is 0 Å². The highest BCUT2D eigenvalue weighted by atomic mass is 16.2. The highest BCUT2D eigenvalue weighted by molar-refractivity contribution is 5.97. The van der Waals surface area contributed by atoms with E-state index in [4.69, 9.17) is 0 Å². The van der Waals surface area contributed by atoms with Crippen LogP contribution >= 0.6 is 0 Å². The first-order valence-corrected chi connectivity index (χ1v) is 9.35. The number of rotatable bonds is 6. The lowest BCUT2D eigenvalue weighted by Gasteiger charge is -2.13. The molecule has 2 heterocycles. The lowest BCUT2D eigenvalue weighted by atomic mass is 9.98. The average Bonchev–Trinajstić information content (AvgIpc) is 3.09. The topological polar surface area (TPSA) is 57.2 Å². The first-order chi connectivity index (χ1) is 12.5. The van der Waals surface area contributed by atoms with Crippen LogP contribution in [-0.4, -0.2) is 23.1 Å². The van der Waals surface area contributed by atoms with E-state index < -0.39 is 0 Å². The fourth-order valence-electron chi connectivity index (χ4n) is 3.75. The Morgan fingerprint density at radius 3 is 2.46 bits per heavy atom. The predicted molar refractivity (Wildman–Crippen MR) is 107 cm³/mol. The van der Waals surface area contributed by atoms with Gasteiger partial charge in [-0.3, -0.25) is 9.79 Å². The van der Waals surface area contributed by atoms with E-state index in [1.54, 1.807) is 0 Å². The van der Waals surface area contributed by atoms with Crippen molar-refractivity contribution in [3.63, 3.8) is 0 Å². The van der Waals surface area contributed by atoms with Gasteiger partial charge in [-0.25, -0.2) is 0 Å². The average molecular weight is 349 g/mol. The van der Waals surface area contributed by atoms with Crippen molar-refractivity contribution < 1.29 is 4.79 Å². The second-order valence-corrected chi connectivity index (χ2v) is 6.81. The Morgan fingerprint density at radius 1 is 1.12 bits per heavy atom. The Hall–Kier alpha value is -2.62. The molecule has 0 aliphatic carbocycles. The van der Waals surface area contributed by atoms with E-state index in [2.05, 4.69) is 36.1 Å². The summed E-state index contributed by atoms with van der Waals surface area (Å²) in [4.78, 5) is 20.2. The molecule has 1 aromatic heterocycles. The van der Waals surface area contributed by atoms with Crippen LogP contribution in [0.15, 0.2) is 46.5 Å². The third-order valence-corrected chi connectivity index (χ3v) is 5.30. The molecule has 1 aliphatic rings. The van der Waals surface area contributed by atoms with E-state index in [0.717, 1.165) is 36.2 Å². The van der Waals surface area contributed by atoms with Gasteiger partial charge in [-0.15, -0.1) is 0 Å². The van der Waals surface area contributed by atoms with Gasteiger partial charge in [-0.2, -0.15) is 0 Å². The van der Waals surface area contributed by atoms with E-state index in [1.165, 1.54) is 22.4 Å². The number of hydrogen-bond acceptors (Lipinski definition) is 2. The van der Waals surface area contributed by atoms with E-state index >= 15 is 0 Å². The zero-order valence-electron chi connectivity index (χ0n) is 16.0. The molecule has 0 saturated carbocycles. The lowest BCUT2D eigenvalue weighted by Crippen LogP contribution is -2.30. The van der Waals surface area contributed by atoms with Crippen LogP contribution in [0.2, 0.25) is 0 Å². The number of hydrogen-bond donors (Lipinski definition) is 2. The largest absolute Gasteiger partial charge is 0.357 e. The summed E-state index contributed by atoms with van der Waals surface area (Å²) in [5, 5.41) is 3.12. The second-order valence-electron chi connectivity index (χ2n) is 6.81. The number of nitrogens with one attached hydrogen (secondary N) is 2. The minimum atomic E-state index is 0.0831.